The van der Waals surface area contributed by atoms with E-state index in [-0.39, 0.29) is 29.8 Å². The number of ether oxygens (including phenoxy) is 2. The van der Waals surface area contributed by atoms with Crippen LogP contribution in [-0.4, -0.2) is 43.6 Å². The zero-order chi connectivity index (χ0) is 24.6. The molecule has 0 radical (unpaired) electrons. The Balaban J connectivity index is 1.14. The molecule has 2 saturated carbocycles. The Hall–Kier alpha value is -3.35. The van der Waals surface area contributed by atoms with Gasteiger partial charge in [-0.25, -0.2) is 0 Å². The second-order valence-corrected chi connectivity index (χ2v) is 9.28. The first-order valence-electron chi connectivity index (χ1n) is 12.6. The Morgan fingerprint density at radius 3 is 1.83 bits per heavy atom. The smallest absolute Gasteiger partial charge is 0.308 e. The van der Waals surface area contributed by atoms with Gasteiger partial charge < -0.3 is 20.1 Å². The first-order valence-corrected chi connectivity index (χ1v) is 12.6. The van der Waals surface area contributed by atoms with Gasteiger partial charge in [0.1, 0.15) is 5.75 Å². The Morgan fingerprint density at radius 2 is 1.31 bits per heavy atom. The van der Waals surface area contributed by atoms with Crippen LogP contribution < -0.4 is 15.4 Å². The Morgan fingerprint density at radius 1 is 0.771 bits per heavy atom. The van der Waals surface area contributed by atoms with E-state index in [4.69, 9.17) is 9.47 Å². The summed E-state index contributed by atoms with van der Waals surface area (Å²) >= 11 is 0. The summed E-state index contributed by atoms with van der Waals surface area (Å²) in [5.41, 5.74) is 2.46. The van der Waals surface area contributed by atoms with Crippen LogP contribution in [0.15, 0.2) is 48.5 Å². The highest BCUT2D eigenvalue weighted by Gasteiger charge is 2.28. The average Bonchev–Trinajstić information content (AvgIpc) is 3.73. The molecule has 2 aliphatic rings. The van der Waals surface area contributed by atoms with Crippen molar-refractivity contribution in [2.45, 2.75) is 57.5 Å². The summed E-state index contributed by atoms with van der Waals surface area (Å²) < 4.78 is 11.1. The molecule has 7 nitrogen and oxygen atoms in total. The van der Waals surface area contributed by atoms with Crippen molar-refractivity contribution >= 4 is 17.8 Å². The van der Waals surface area contributed by atoms with E-state index in [0.29, 0.717) is 42.5 Å². The van der Waals surface area contributed by atoms with Crippen molar-refractivity contribution in [3.05, 3.63) is 65.2 Å². The van der Waals surface area contributed by atoms with Crippen molar-refractivity contribution in [1.29, 1.82) is 0 Å². The van der Waals surface area contributed by atoms with Gasteiger partial charge in [-0.1, -0.05) is 12.1 Å². The van der Waals surface area contributed by atoms with Crippen molar-refractivity contribution in [2.24, 2.45) is 5.92 Å². The van der Waals surface area contributed by atoms with E-state index in [1.807, 2.05) is 31.2 Å². The van der Waals surface area contributed by atoms with E-state index in [9.17, 15) is 14.4 Å². The predicted molar refractivity (Wildman–Crippen MR) is 133 cm³/mol. The summed E-state index contributed by atoms with van der Waals surface area (Å²) in [6, 6.07) is 14.8. The lowest BCUT2D eigenvalue weighted by atomic mass is 9.87. The van der Waals surface area contributed by atoms with Gasteiger partial charge in [-0.2, -0.15) is 0 Å². The summed E-state index contributed by atoms with van der Waals surface area (Å²) in [6.07, 6.45) is 5.69. The lowest BCUT2D eigenvalue weighted by Crippen LogP contribution is -2.34. The molecule has 186 valence electrons. The first-order chi connectivity index (χ1) is 17.0. The van der Waals surface area contributed by atoms with Gasteiger partial charge in [0.25, 0.3) is 11.8 Å². The highest BCUT2D eigenvalue weighted by atomic mass is 16.5. The van der Waals surface area contributed by atoms with Crippen molar-refractivity contribution < 1.29 is 23.9 Å². The fourth-order valence-corrected chi connectivity index (χ4v) is 4.43. The lowest BCUT2D eigenvalue weighted by molar-refractivity contribution is -0.149. The molecular weight excluding hydrogens is 444 g/mol. The molecule has 4 rings (SSSR count). The van der Waals surface area contributed by atoms with Crippen molar-refractivity contribution in [3.8, 4) is 5.75 Å². The predicted octanol–water partition coefficient (Wildman–Crippen LogP) is 4.22. The number of benzene rings is 2. The summed E-state index contributed by atoms with van der Waals surface area (Å²) in [5.74, 6) is 0.901. The highest BCUT2D eigenvalue weighted by molar-refractivity contribution is 5.95. The topological polar surface area (TPSA) is 93.7 Å². The van der Waals surface area contributed by atoms with Gasteiger partial charge in [0.05, 0.1) is 18.6 Å². The third kappa shape index (κ3) is 7.07. The zero-order valence-electron chi connectivity index (χ0n) is 20.3. The molecular formula is C28H34N2O5. The molecule has 2 N–H and O–H groups in total. The lowest BCUT2D eigenvalue weighted by Gasteiger charge is -2.27. The molecule has 0 atom stereocenters. The normalized spacial score (nSPS) is 19.5. The maximum absolute atomic E-state index is 12.4. The number of carbonyl (C=O) groups excluding carboxylic acids is 3. The molecule has 0 heterocycles. The minimum Gasteiger partial charge on any atom is -0.490 e. The van der Waals surface area contributed by atoms with Crippen molar-refractivity contribution in [2.75, 3.05) is 19.7 Å². The average molecular weight is 479 g/mol. The maximum atomic E-state index is 12.4. The fourth-order valence-electron chi connectivity index (χ4n) is 4.43. The van der Waals surface area contributed by atoms with Crippen LogP contribution in [0, 0.1) is 5.92 Å². The Bertz CT molecular complexity index is 1010. The van der Waals surface area contributed by atoms with Gasteiger partial charge in [0.15, 0.2) is 0 Å². The number of hydrogen-bond donors (Lipinski definition) is 2. The van der Waals surface area contributed by atoms with Crippen LogP contribution in [0.1, 0.15) is 77.6 Å². The van der Waals surface area contributed by atoms with Crippen LogP contribution in [0.25, 0.3) is 0 Å². The van der Waals surface area contributed by atoms with E-state index in [1.165, 1.54) is 18.4 Å². The van der Waals surface area contributed by atoms with E-state index in [2.05, 4.69) is 10.6 Å². The summed E-state index contributed by atoms with van der Waals surface area (Å²) in [7, 11) is 0. The third-order valence-electron chi connectivity index (χ3n) is 6.63. The molecule has 2 aliphatic carbocycles. The fraction of sp³-hybridized carbons (Fsp3) is 0.464. The maximum Gasteiger partial charge on any atom is 0.308 e. The molecule has 0 aliphatic heterocycles. The van der Waals surface area contributed by atoms with Gasteiger partial charge in [0.2, 0.25) is 0 Å². The van der Waals surface area contributed by atoms with Crippen LogP contribution in [0.4, 0.5) is 0 Å². The number of amides is 2. The van der Waals surface area contributed by atoms with Crippen molar-refractivity contribution in [3.63, 3.8) is 0 Å². The Kier molecular flexibility index (Phi) is 8.40. The molecule has 7 heteroatoms. The monoisotopic (exact) mass is 478 g/mol. The van der Waals surface area contributed by atoms with E-state index < -0.39 is 0 Å². The molecule has 2 aromatic rings. The molecule has 35 heavy (non-hydrogen) atoms. The summed E-state index contributed by atoms with van der Waals surface area (Å²) in [4.78, 5) is 36.6. The molecule has 2 amide bonds. The number of carbonyl (C=O) groups is 3. The number of rotatable bonds is 10. The summed E-state index contributed by atoms with van der Waals surface area (Å²) in [5, 5.41) is 5.67. The molecule has 2 fully saturated rings. The molecule has 0 saturated heterocycles. The van der Waals surface area contributed by atoms with Crippen LogP contribution in [0.3, 0.4) is 0 Å². The first kappa shape index (κ1) is 24.8. The van der Waals surface area contributed by atoms with E-state index in [0.717, 1.165) is 25.7 Å². The molecule has 0 spiro atoms. The highest BCUT2D eigenvalue weighted by Crippen LogP contribution is 2.39. The molecule has 2 aromatic carbocycles. The molecule has 0 unspecified atom stereocenters. The van der Waals surface area contributed by atoms with Crippen LogP contribution in [0.5, 0.6) is 5.75 Å². The second kappa shape index (κ2) is 11.9. The third-order valence-corrected chi connectivity index (χ3v) is 6.63. The van der Waals surface area contributed by atoms with Gasteiger partial charge in [0, 0.05) is 24.2 Å². The largest absolute Gasteiger partial charge is 0.490 e. The number of esters is 1. The van der Waals surface area contributed by atoms with Crippen LogP contribution in [-0.2, 0) is 9.53 Å². The standard InChI is InChI=1S/C28H34N2O5/c1-2-34-28(33)23-11-15-25(16-12-23)35-24-13-9-22(10-14-24)27(32)30-18-17-29-26(31)21-7-5-20(6-8-21)19-3-4-19/h5-10,13-14,19,23,25H,2-4,11-12,15-18H2,1H3,(H,29,31)(H,30,32)/t23-,25+. The van der Waals surface area contributed by atoms with Gasteiger partial charge in [-0.15, -0.1) is 0 Å². The number of nitrogens with one attached hydrogen (secondary N) is 2. The quantitative estimate of drug-likeness (QED) is 0.394. The minimum atomic E-state index is -0.200. The minimum absolute atomic E-state index is 0.0291. The van der Waals surface area contributed by atoms with Crippen LogP contribution >= 0.6 is 0 Å². The zero-order valence-corrected chi connectivity index (χ0v) is 20.3. The molecule has 0 bridgehead atoms. The van der Waals surface area contributed by atoms with Gasteiger partial charge >= 0.3 is 5.97 Å². The van der Waals surface area contributed by atoms with Crippen LogP contribution in [0.2, 0.25) is 0 Å². The Labute approximate surface area is 206 Å². The second-order valence-electron chi connectivity index (χ2n) is 9.28. The SMILES string of the molecule is CCOC(=O)[C@H]1CC[C@@H](Oc2ccc(C(=O)NCCNC(=O)c3ccc(C4CC4)cc3)cc2)CC1. The van der Waals surface area contributed by atoms with E-state index >= 15 is 0 Å². The summed E-state index contributed by atoms with van der Waals surface area (Å²) in [6.45, 7) is 2.93. The van der Waals surface area contributed by atoms with Crippen molar-refractivity contribution in [1.82, 2.24) is 10.6 Å². The van der Waals surface area contributed by atoms with Gasteiger partial charge in [-0.3, -0.25) is 14.4 Å². The number of hydrogen-bond acceptors (Lipinski definition) is 5. The van der Waals surface area contributed by atoms with E-state index in [1.54, 1.807) is 24.3 Å². The molecule has 0 aromatic heterocycles. The van der Waals surface area contributed by atoms with Gasteiger partial charge in [-0.05, 0) is 93.3 Å².